The third-order valence-corrected chi connectivity index (χ3v) is 2.24. The molecule has 2 N–H and O–H groups in total. The number of ketones is 1. The average Bonchev–Trinajstić information content (AvgIpc) is 2.15. The predicted octanol–water partition coefficient (Wildman–Crippen LogP) is -0.565. The molecule has 2 atom stereocenters. The van der Waals surface area contributed by atoms with Crippen LogP contribution in [0.5, 0.6) is 0 Å². The third kappa shape index (κ3) is 0.982. The number of hydrogen-bond donors (Lipinski definition) is 2. The van der Waals surface area contributed by atoms with E-state index in [0.29, 0.717) is 0 Å². The van der Waals surface area contributed by atoms with Crippen LogP contribution < -0.4 is 0 Å². The van der Waals surface area contributed by atoms with Crippen molar-refractivity contribution in [3.05, 3.63) is 0 Å². The quantitative estimate of drug-likeness (QED) is 0.504. The molecule has 0 aromatic rings. The molecule has 1 unspecified atom stereocenters. The number of aliphatic hydroxyl groups is 2. The van der Waals surface area contributed by atoms with Gasteiger partial charge in [0.1, 0.15) is 5.60 Å². The molecular weight excluding hydrogens is 148 g/mol. The largest absolute Gasteiger partial charge is 0.384 e. The number of methoxy groups -OCH3 is 1. The van der Waals surface area contributed by atoms with Gasteiger partial charge < -0.3 is 14.9 Å². The summed E-state index contributed by atoms with van der Waals surface area (Å²) in [6.45, 7) is 1.39. The molecule has 4 heteroatoms. The molecule has 0 radical (unpaired) electrons. The van der Waals surface area contributed by atoms with Crippen molar-refractivity contribution < 1.29 is 19.7 Å². The Bertz CT molecular complexity index is 187. The van der Waals surface area contributed by atoms with Gasteiger partial charge in [0.15, 0.2) is 5.78 Å². The Labute approximate surface area is 64.8 Å². The topological polar surface area (TPSA) is 66.8 Å². The van der Waals surface area contributed by atoms with Crippen molar-refractivity contribution >= 4 is 5.78 Å². The molecule has 0 aliphatic heterocycles. The van der Waals surface area contributed by atoms with E-state index in [0.717, 1.165) is 0 Å². The highest BCUT2D eigenvalue weighted by Gasteiger charge is 2.57. The number of hydrogen-bond acceptors (Lipinski definition) is 4. The molecule has 0 aromatic carbocycles. The van der Waals surface area contributed by atoms with E-state index in [1.54, 1.807) is 0 Å². The van der Waals surface area contributed by atoms with Gasteiger partial charge in [-0.25, -0.2) is 0 Å². The molecule has 4 nitrogen and oxygen atoms in total. The highest BCUT2D eigenvalue weighted by molar-refractivity contribution is 5.89. The van der Waals surface area contributed by atoms with Crippen molar-refractivity contribution in [1.82, 2.24) is 0 Å². The second kappa shape index (κ2) is 2.27. The molecule has 0 aromatic heterocycles. The maximum Gasteiger partial charge on any atom is 0.255 e. The SMILES string of the molecule is COC1(O)C(=O)CC[C@]1(C)O. The molecule has 0 spiro atoms. The molecule has 64 valence electrons. The van der Waals surface area contributed by atoms with Crippen LogP contribution in [-0.2, 0) is 9.53 Å². The minimum absolute atomic E-state index is 0.164. The molecule has 1 saturated carbocycles. The van der Waals surface area contributed by atoms with E-state index < -0.39 is 17.2 Å². The van der Waals surface area contributed by atoms with E-state index in [4.69, 9.17) is 0 Å². The van der Waals surface area contributed by atoms with Crippen LogP contribution >= 0.6 is 0 Å². The smallest absolute Gasteiger partial charge is 0.255 e. The molecule has 1 rings (SSSR count). The average molecular weight is 160 g/mol. The number of rotatable bonds is 1. The summed E-state index contributed by atoms with van der Waals surface area (Å²) in [7, 11) is 1.21. The van der Waals surface area contributed by atoms with Gasteiger partial charge in [-0.15, -0.1) is 0 Å². The van der Waals surface area contributed by atoms with Crippen molar-refractivity contribution in [2.24, 2.45) is 0 Å². The summed E-state index contributed by atoms with van der Waals surface area (Å²) >= 11 is 0. The maximum absolute atomic E-state index is 11.0. The van der Waals surface area contributed by atoms with E-state index >= 15 is 0 Å². The zero-order valence-corrected chi connectivity index (χ0v) is 6.63. The zero-order valence-electron chi connectivity index (χ0n) is 6.63. The van der Waals surface area contributed by atoms with Gasteiger partial charge in [-0.05, 0) is 13.3 Å². The van der Waals surface area contributed by atoms with Crippen LogP contribution in [-0.4, -0.2) is 34.5 Å². The highest BCUT2D eigenvalue weighted by Crippen LogP contribution is 2.36. The Kier molecular flexibility index (Phi) is 1.78. The minimum Gasteiger partial charge on any atom is -0.384 e. The zero-order chi connectivity index (χ0) is 8.70. The summed E-state index contributed by atoms with van der Waals surface area (Å²) in [5, 5.41) is 19.0. The Hall–Kier alpha value is -0.450. The lowest BCUT2D eigenvalue weighted by atomic mass is 9.99. The highest BCUT2D eigenvalue weighted by atomic mass is 16.6. The van der Waals surface area contributed by atoms with Crippen molar-refractivity contribution in [3.63, 3.8) is 0 Å². The van der Waals surface area contributed by atoms with Crippen LogP contribution in [0.15, 0.2) is 0 Å². The number of Topliss-reactive ketones (excluding diaryl/α,β-unsaturated/α-hetero) is 1. The first-order valence-corrected chi connectivity index (χ1v) is 3.47. The maximum atomic E-state index is 11.0. The molecule has 0 bridgehead atoms. The summed E-state index contributed by atoms with van der Waals surface area (Å²) in [6.07, 6.45) is 0.410. The number of carbonyl (C=O) groups excluding carboxylic acids is 1. The summed E-state index contributed by atoms with van der Waals surface area (Å²) in [5.74, 6) is -2.45. The first-order valence-electron chi connectivity index (χ1n) is 3.47. The van der Waals surface area contributed by atoms with E-state index in [1.807, 2.05) is 0 Å². The Morgan fingerprint density at radius 1 is 1.55 bits per heavy atom. The molecule has 0 heterocycles. The fourth-order valence-electron chi connectivity index (χ4n) is 1.33. The first kappa shape index (κ1) is 8.64. The Balaban J connectivity index is 2.97. The second-order valence-electron chi connectivity index (χ2n) is 3.05. The van der Waals surface area contributed by atoms with Crippen LogP contribution in [0.2, 0.25) is 0 Å². The van der Waals surface area contributed by atoms with Crippen LogP contribution in [0.25, 0.3) is 0 Å². The van der Waals surface area contributed by atoms with Crippen LogP contribution in [0.1, 0.15) is 19.8 Å². The van der Waals surface area contributed by atoms with E-state index in [1.165, 1.54) is 14.0 Å². The number of ether oxygens (including phenoxy) is 1. The van der Waals surface area contributed by atoms with E-state index in [2.05, 4.69) is 4.74 Å². The molecule has 0 amide bonds. The normalized spacial score (nSPS) is 44.9. The summed E-state index contributed by atoms with van der Waals surface area (Å²) in [4.78, 5) is 11.0. The molecule has 1 fully saturated rings. The van der Waals surface area contributed by atoms with Crippen molar-refractivity contribution in [2.45, 2.75) is 31.2 Å². The van der Waals surface area contributed by atoms with Crippen LogP contribution in [0, 0.1) is 0 Å². The van der Waals surface area contributed by atoms with Gasteiger partial charge in [-0.1, -0.05) is 0 Å². The van der Waals surface area contributed by atoms with Crippen LogP contribution in [0.4, 0.5) is 0 Å². The van der Waals surface area contributed by atoms with Crippen molar-refractivity contribution in [3.8, 4) is 0 Å². The monoisotopic (exact) mass is 160 g/mol. The fraction of sp³-hybridized carbons (Fsp3) is 0.857. The molecule has 11 heavy (non-hydrogen) atoms. The molecule has 0 saturated heterocycles. The van der Waals surface area contributed by atoms with Gasteiger partial charge in [0.25, 0.3) is 5.79 Å². The Morgan fingerprint density at radius 2 is 2.09 bits per heavy atom. The minimum atomic E-state index is -1.99. The van der Waals surface area contributed by atoms with Gasteiger partial charge in [0.2, 0.25) is 0 Å². The van der Waals surface area contributed by atoms with Gasteiger partial charge in [0, 0.05) is 13.5 Å². The van der Waals surface area contributed by atoms with Gasteiger partial charge in [0.05, 0.1) is 0 Å². The second-order valence-corrected chi connectivity index (χ2v) is 3.05. The van der Waals surface area contributed by atoms with Gasteiger partial charge in [-0.2, -0.15) is 0 Å². The van der Waals surface area contributed by atoms with E-state index in [-0.39, 0.29) is 12.8 Å². The number of carbonyl (C=O) groups is 1. The summed E-state index contributed by atoms with van der Waals surface area (Å²) in [6, 6.07) is 0. The predicted molar refractivity (Wildman–Crippen MR) is 36.8 cm³/mol. The lowest BCUT2D eigenvalue weighted by Gasteiger charge is -2.31. The Morgan fingerprint density at radius 3 is 2.27 bits per heavy atom. The van der Waals surface area contributed by atoms with Crippen LogP contribution in [0.3, 0.4) is 0 Å². The lowest BCUT2D eigenvalue weighted by Crippen LogP contribution is -2.53. The third-order valence-electron chi connectivity index (χ3n) is 2.24. The first-order chi connectivity index (χ1) is 4.94. The standard InChI is InChI=1S/C7H12O4/c1-6(9)4-3-5(8)7(6,10)11-2/h9-10H,3-4H2,1-2H3/t6-,7?/m0/s1. The molecule has 1 aliphatic rings. The lowest BCUT2D eigenvalue weighted by molar-refractivity contribution is -0.251. The summed E-state index contributed by atoms with van der Waals surface area (Å²) in [5.41, 5.74) is -1.45. The van der Waals surface area contributed by atoms with E-state index in [9.17, 15) is 15.0 Å². The van der Waals surface area contributed by atoms with Gasteiger partial charge >= 0.3 is 0 Å². The fourth-order valence-corrected chi connectivity index (χ4v) is 1.33. The molecule has 1 aliphatic carbocycles. The summed E-state index contributed by atoms with van der Waals surface area (Å²) < 4.78 is 4.58. The molecular formula is C7H12O4. The van der Waals surface area contributed by atoms with Crippen molar-refractivity contribution in [1.29, 1.82) is 0 Å². The van der Waals surface area contributed by atoms with Crippen molar-refractivity contribution in [2.75, 3.05) is 7.11 Å². The van der Waals surface area contributed by atoms with Gasteiger partial charge in [-0.3, -0.25) is 4.79 Å².